The number of allylic oxidation sites excluding steroid dienone is 7. The zero-order valence-electron chi connectivity index (χ0n) is 14.3. The van der Waals surface area contributed by atoms with Gasteiger partial charge in [0.2, 0.25) is 5.91 Å². The highest BCUT2D eigenvalue weighted by atomic mass is 35.5. The number of nitrogens with one attached hydrogen (secondary N) is 1. The van der Waals surface area contributed by atoms with Crippen LogP contribution in [0.5, 0.6) is 0 Å². The second-order valence-corrected chi connectivity index (χ2v) is 8.79. The standard InChI is InChI=1S/C19H22Cl2FNOS/c1-3-16(25-17-9-10-19(2,21)11-15(17)20)18(24)23-12-13-5-4-6-14(22)8-7-13/h5-10,16H,3-4,11-12H2,1-2H3,(H,23,24)/t16?,19-/m1/s1. The predicted octanol–water partition coefficient (Wildman–Crippen LogP) is 5.76. The molecule has 2 aliphatic carbocycles. The lowest BCUT2D eigenvalue weighted by Crippen LogP contribution is -2.33. The first-order valence-electron chi connectivity index (χ1n) is 8.24. The molecule has 1 N–H and O–H groups in total. The van der Waals surface area contributed by atoms with E-state index in [9.17, 15) is 9.18 Å². The van der Waals surface area contributed by atoms with Gasteiger partial charge in [-0.05, 0) is 43.6 Å². The molecule has 136 valence electrons. The zero-order valence-corrected chi connectivity index (χ0v) is 16.6. The largest absolute Gasteiger partial charge is 0.351 e. The minimum atomic E-state index is -0.466. The lowest BCUT2D eigenvalue weighted by atomic mass is 10.0. The van der Waals surface area contributed by atoms with Crippen LogP contribution >= 0.6 is 35.0 Å². The van der Waals surface area contributed by atoms with Gasteiger partial charge in [0.15, 0.2) is 0 Å². The number of hydrogen-bond acceptors (Lipinski definition) is 2. The number of alkyl halides is 1. The summed E-state index contributed by atoms with van der Waals surface area (Å²) in [5, 5.41) is 3.38. The van der Waals surface area contributed by atoms with Gasteiger partial charge in [0.05, 0.1) is 10.1 Å². The fraction of sp³-hybridized carbons (Fsp3) is 0.421. The maximum absolute atomic E-state index is 13.2. The average molecular weight is 402 g/mol. The smallest absolute Gasteiger partial charge is 0.233 e. The molecular weight excluding hydrogens is 380 g/mol. The molecule has 0 heterocycles. The predicted molar refractivity (Wildman–Crippen MR) is 107 cm³/mol. The first-order valence-corrected chi connectivity index (χ1v) is 9.88. The van der Waals surface area contributed by atoms with Crippen LogP contribution in [0.3, 0.4) is 0 Å². The number of carbonyl (C=O) groups is 1. The van der Waals surface area contributed by atoms with Crippen LogP contribution in [0.4, 0.5) is 4.39 Å². The van der Waals surface area contributed by atoms with Crippen molar-refractivity contribution in [3.63, 3.8) is 0 Å². The molecule has 0 saturated heterocycles. The molecule has 2 rings (SSSR count). The maximum Gasteiger partial charge on any atom is 0.233 e. The van der Waals surface area contributed by atoms with Crippen molar-refractivity contribution in [2.45, 2.75) is 43.2 Å². The Labute approximate surface area is 162 Å². The van der Waals surface area contributed by atoms with Crippen LogP contribution in [0.1, 0.15) is 33.1 Å². The van der Waals surface area contributed by atoms with Gasteiger partial charge in [-0.15, -0.1) is 23.4 Å². The van der Waals surface area contributed by atoms with Crippen LogP contribution in [-0.2, 0) is 4.79 Å². The van der Waals surface area contributed by atoms with E-state index in [1.807, 2.05) is 32.1 Å². The third-order valence-corrected chi connectivity index (χ3v) is 6.08. The SMILES string of the molecule is CCC(SC1=C(Cl)C[C@](C)(Cl)C=C1)C(=O)NCC1=CCC=C(F)C=C1. The molecule has 2 atom stereocenters. The Hall–Kier alpha value is -0.970. The second kappa shape index (κ2) is 9.11. The van der Waals surface area contributed by atoms with Crippen molar-refractivity contribution in [2.24, 2.45) is 0 Å². The van der Waals surface area contributed by atoms with E-state index >= 15 is 0 Å². The number of carbonyl (C=O) groups excluding carboxylic acids is 1. The topological polar surface area (TPSA) is 29.1 Å². The summed E-state index contributed by atoms with van der Waals surface area (Å²) in [5.41, 5.74) is 0.893. The minimum absolute atomic E-state index is 0.0518. The molecule has 2 nitrogen and oxygen atoms in total. The molecular formula is C19H22Cl2FNOS. The van der Waals surface area contributed by atoms with Gasteiger partial charge >= 0.3 is 0 Å². The van der Waals surface area contributed by atoms with E-state index in [1.54, 1.807) is 6.08 Å². The van der Waals surface area contributed by atoms with Gasteiger partial charge in [0.25, 0.3) is 0 Å². The van der Waals surface area contributed by atoms with Gasteiger partial charge in [-0.1, -0.05) is 36.8 Å². The molecule has 0 aromatic rings. The molecule has 0 saturated carbocycles. The Balaban J connectivity index is 1.92. The van der Waals surface area contributed by atoms with Crippen LogP contribution in [0.15, 0.2) is 57.8 Å². The normalized spacial score (nSPS) is 24.5. The van der Waals surface area contributed by atoms with E-state index < -0.39 is 4.87 Å². The summed E-state index contributed by atoms with van der Waals surface area (Å²) in [6.07, 6.45) is 12.1. The Kier molecular flexibility index (Phi) is 7.41. The molecule has 0 bridgehead atoms. The van der Waals surface area contributed by atoms with E-state index in [2.05, 4.69) is 5.32 Å². The first-order chi connectivity index (χ1) is 11.8. The summed E-state index contributed by atoms with van der Waals surface area (Å²) in [4.78, 5) is 12.9. The molecule has 0 spiro atoms. The monoisotopic (exact) mass is 401 g/mol. The summed E-state index contributed by atoms with van der Waals surface area (Å²) in [5.74, 6) is -0.305. The van der Waals surface area contributed by atoms with Gasteiger partial charge in [0, 0.05) is 22.9 Å². The highest BCUT2D eigenvalue weighted by Gasteiger charge is 2.27. The van der Waals surface area contributed by atoms with E-state index in [4.69, 9.17) is 23.2 Å². The molecule has 2 aliphatic rings. The summed E-state index contributed by atoms with van der Waals surface area (Å²) >= 11 is 14.1. The number of rotatable bonds is 6. The summed E-state index contributed by atoms with van der Waals surface area (Å²) in [6.45, 7) is 4.26. The van der Waals surface area contributed by atoms with Crippen molar-refractivity contribution in [1.29, 1.82) is 0 Å². The molecule has 0 radical (unpaired) electrons. The van der Waals surface area contributed by atoms with Gasteiger partial charge in [-0.2, -0.15) is 0 Å². The molecule has 6 heteroatoms. The van der Waals surface area contributed by atoms with Gasteiger partial charge in [0.1, 0.15) is 5.83 Å². The Morgan fingerprint density at radius 2 is 2.16 bits per heavy atom. The van der Waals surface area contributed by atoms with Crippen LogP contribution in [0.2, 0.25) is 0 Å². The molecule has 1 unspecified atom stereocenters. The average Bonchev–Trinajstić information content (AvgIpc) is 2.76. The third kappa shape index (κ3) is 6.36. The maximum atomic E-state index is 13.2. The van der Waals surface area contributed by atoms with E-state index in [-0.39, 0.29) is 17.0 Å². The van der Waals surface area contributed by atoms with Gasteiger partial charge in [-0.25, -0.2) is 4.39 Å². The highest BCUT2D eigenvalue weighted by molar-refractivity contribution is 8.04. The van der Waals surface area contributed by atoms with Crippen LogP contribution in [0.25, 0.3) is 0 Å². The van der Waals surface area contributed by atoms with E-state index in [0.717, 1.165) is 10.5 Å². The highest BCUT2D eigenvalue weighted by Crippen LogP contribution is 2.40. The summed E-state index contributed by atoms with van der Waals surface area (Å²) < 4.78 is 13.2. The van der Waals surface area contributed by atoms with Crippen molar-refractivity contribution in [2.75, 3.05) is 6.54 Å². The molecule has 0 fully saturated rings. The summed E-state index contributed by atoms with van der Waals surface area (Å²) in [6, 6.07) is 0. The third-order valence-electron chi connectivity index (χ3n) is 3.90. The first kappa shape index (κ1) is 20.3. The quantitative estimate of drug-likeness (QED) is 0.572. The molecule has 0 aromatic heterocycles. The van der Waals surface area contributed by atoms with Crippen molar-refractivity contribution in [3.05, 3.63) is 57.8 Å². The molecule has 0 aromatic carbocycles. The Morgan fingerprint density at radius 3 is 2.84 bits per heavy atom. The van der Waals surface area contributed by atoms with E-state index in [1.165, 1.54) is 23.9 Å². The van der Waals surface area contributed by atoms with E-state index in [0.29, 0.717) is 30.8 Å². The lowest BCUT2D eigenvalue weighted by Gasteiger charge is -2.24. The van der Waals surface area contributed by atoms with Crippen molar-refractivity contribution in [3.8, 4) is 0 Å². The van der Waals surface area contributed by atoms with Gasteiger partial charge in [-0.3, -0.25) is 4.79 Å². The number of amides is 1. The van der Waals surface area contributed by atoms with Gasteiger partial charge < -0.3 is 5.32 Å². The summed E-state index contributed by atoms with van der Waals surface area (Å²) in [7, 11) is 0. The van der Waals surface area contributed by atoms with Crippen LogP contribution in [0, 0.1) is 0 Å². The van der Waals surface area contributed by atoms with Crippen molar-refractivity contribution >= 4 is 40.9 Å². The number of thioether (sulfide) groups is 1. The van der Waals surface area contributed by atoms with Crippen molar-refractivity contribution < 1.29 is 9.18 Å². The number of hydrogen-bond donors (Lipinski definition) is 1. The van der Waals surface area contributed by atoms with Crippen LogP contribution in [-0.4, -0.2) is 22.6 Å². The Bertz CT molecular complexity index is 677. The molecule has 1 amide bonds. The fourth-order valence-corrected chi connectivity index (χ4v) is 4.20. The molecule has 25 heavy (non-hydrogen) atoms. The molecule has 0 aliphatic heterocycles. The van der Waals surface area contributed by atoms with Crippen molar-refractivity contribution in [1.82, 2.24) is 5.32 Å². The Morgan fingerprint density at radius 1 is 1.40 bits per heavy atom. The fourth-order valence-electron chi connectivity index (χ4n) is 2.45. The number of halogens is 3. The lowest BCUT2D eigenvalue weighted by molar-refractivity contribution is -0.120. The second-order valence-electron chi connectivity index (χ2n) is 6.23. The minimum Gasteiger partial charge on any atom is -0.351 e. The zero-order chi connectivity index (χ0) is 18.4. The van der Waals surface area contributed by atoms with Crippen LogP contribution < -0.4 is 5.32 Å².